The lowest BCUT2D eigenvalue weighted by Crippen LogP contribution is -2.53. The molecule has 108 valence electrons. The number of thioether (sulfide) groups is 1. The molecule has 2 bridgehead atoms. The first-order valence-corrected chi connectivity index (χ1v) is 8.51. The van der Waals surface area contributed by atoms with Crippen LogP contribution >= 0.6 is 11.8 Å². The fraction of sp³-hybridized carbons (Fsp3) is 0.933. The van der Waals surface area contributed by atoms with E-state index in [9.17, 15) is 4.79 Å². The number of hydrogen-bond acceptors (Lipinski definition) is 3. The predicted octanol–water partition coefficient (Wildman–Crippen LogP) is 3.24. The molecule has 0 N–H and O–H groups in total. The Kier molecular flexibility index (Phi) is 3.27. The highest BCUT2D eigenvalue weighted by Crippen LogP contribution is 2.57. The molecule has 1 amide bonds. The molecule has 0 aromatic carbocycles. The summed E-state index contributed by atoms with van der Waals surface area (Å²) in [6, 6.07) is 0. The molecular weight excluding hydrogens is 258 g/mol. The predicted molar refractivity (Wildman–Crippen MR) is 78.3 cm³/mol. The van der Waals surface area contributed by atoms with Crippen molar-refractivity contribution in [1.29, 1.82) is 0 Å². The molecule has 2 saturated heterocycles. The second-order valence-electron chi connectivity index (χ2n) is 7.37. The topological polar surface area (TPSA) is 29.5 Å². The van der Waals surface area contributed by atoms with Gasteiger partial charge in [0.1, 0.15) is 5.60 Å². The SMILES string of the molecule is CC1C2CN(C(=O)OC(C)(C)C)CC3CCS[C@@H]2[C@H]31. The summed E-state index contributed by atoms with van der Waals surface area (Å²) in [4.78, 5) is 14.3. The van der Waals surface area contributed by atoms with E-state index >= 15 is 0 Å². The van der Waals surface area contributed by atoms with Crippen LogP contribution in [0.1, 0.15) is 34.1 Å². The highest BCUT2D eigenvalue weighted by Gasteiger charge is 2.56. The fourth-order valence-corrected chi connectivity index (χ4v) is 6.06. The molecule has 19 heavy (non-hydrogen) atoms. The number of amides is 1. The summed E-state index contributed by atoms with van der Waals surface area (Å²) < 4.78 is 5.56. The minimum Gasteiger partial charge on any atom is -0.444 e. The third-order valence-electron chi connectivity index (χ3n) is 4.96. The standard InChI is InChI=1S/C15H25NO2S/c1-9-11-8-16(14(17)18-15(2,3)4)7-10-5-6-19-13(11)12(9)10/h9-13H,5-8H2,1-4H3/t9?,10?,11?,12-,13-/m0/s1. The second-order valence-corrected chi connectivity index (χ2v) is 8.66. The van der Waals surface area contributed by atoms with E-state index in [4.69, 9.17) is 4.74 Å². The molecule has 1 saturated carbocycles. The Morgan fingerprint density at radius 1 is 1.32 bits per heavy atom. The van der Waals surface area contributed by atoms with Gasteiger partial charge in [0.2, 0.25) is 0 Å². The summed E-state index contributed by atoms with van der Waals surface area (Å²) in [7, 11) is 0. The van der Waals surface area contributed by atoms with Crippen LogP contribution in [0.5, 0.6) is 0 Å². The zero-order chi connectivity index (χ0) is 13.8. The van der Waals surface area contributed by atoms with E-state index in [0.29, 0.717) is 11.8 Å². The maximum Gasteiger partial charge on any atom is 0.410 e. The number of carbonyl (C=O) groups excluding carboxylic acids is 1. The Balaban J connectivity index is 1.73. The molecule has 0 radical (unpaired) electrons. The normalized spacial score (nSPS) is 41.3. The van der Waals surface area contributed by atoms with Gasteiger partial charge < -0.3 is 9.64 Å². The lowest BCUT2D eigenvalue weighted by Gasteiger charge is -2.53. The first-order valence-electron chi connectivity index (χ1n) is 7.46. The van der Waals surface area contributed by atoms with Crippen LogP contribution in [-0.4, -0.2) is 40.7 Å². The van der Waals surface area contributed by atoms with Crippen molar-refractivity contribution in [3.63, 3.8) is 0 Å². The molecule has 3 nitrogen and oxygen atoms in total. The zero-order valence-corrected chi connectivity index (χ0v) is 13.2. The summed E-state index contributed by atoms with van der Waals surface area (Å²) in [5.41, 5.74) is -0.387. The van der Waals surface area contributed by atoms with Crippen LogP contribution in [0.25, 0.3) is 0 Å². The second kappa shape index (κ2) is 4.57. The molecule has 2 aliphatic heterocycles. The van der Waals surface area contributed by atoms with Gasteiger partial charge >= 0.3 is 6.09 Å². The van der Waals surface area contributed by atoms with Crippen LogP contribution in [0.15, 0.2) is 0 Å². The van der Waals surface area contributed by atoms with Gasteiger partial charge in [-0.2, -0.15) is 11.8 Å². The molecular formula is C15H25NO2S. The monoisotopic (exact) mass is 283 g/mol. The molecule has 3 aliphatic rings. The number of ether oxygens (including phenoxy) is 1. The van der Waals surface area contributed by atoms with Gasteiger partial charge in [0, 0.05) is 18.3 Å². The number of hydrogen-bond donors (Lipinski definition) is 0. The average Bonchev–Trinajstić information content (AvgIpc) is 2.51. The van der Waals surface area contributed by atoms with E-state index in [1.54, 1.807) is 0 Å². The summed E-state index contributed by atoms with van der Waals surface area (Å²) in [5.74, 6) is 4.30. The molecule has 0 aromatic heterocycles. The van der Waals surface area contributed by atoms with Gasteiger partial charge in [-0.1, -0.05) is 6.92 Å². The third-order valence-corrected chi connectivity index (χ3v) is 6.49. The quantitative estimate of drug-likeness (QED) is 0.683. The van der Waals surface area contributed by atoms with Crippen LogP contribution in [0.4, 0.5) is 4.79 Å². The number of nitrogens with zero attached hydrogens (tertiary/aromatic N) is 1. The summed E-state index contributed by atoms with van der Waals surface area (Å²) in [5, 5.41) is 0.807. The Labute approximate surface area is 120 Å². The van der Waals surface area contributed by atoms with Gasteiger partial charge in [-0.3, -0.25) is 0 Å². The number of likely N-dealkylation sites (tertiary alicyclic amines) is 1. The minimum atomic E-state index is -0.387. The number of fused-ring (bicyclic) bond motifs is 2. The van der Waals surface area contributed by atoms with E-state index in [2.05, 4.69) is 18.7 Å². The van der Waals surface area contributed by atoms with Crippen molar-refractivity contribution >= 4 is 17.9 Å². The van der Waals surface area contributed by atoms with Gasteiger partial charge in [0.25, 0.3) is 0 Å². The maximum atomic E-state index is 12.3. The van der Waals surface area contributed by atoms with Gasteiger partial charge in [-0.25, -0.2) is 4.79 Å². The van der Waals surface area contributed by atoms with Crippen LogP contribution < -0.4 is 0 Å². The highest BCUT2D eigenvalue weighted by atomic mass is 32.2. The average molecular weight is 283 g/mol. The summed E-state index contributed by atoms with van der Waals surface area (Å²) in [6.07, 6.45) is 1.16. The van der Waals surface area contributed by atoms with Crippen LogP contribution in [0.3, 0.4) is 0 Å². The Morgan fingerprint density at radius 3 is 2.74 bits per heavy atom. The van der Waals surface area contributed by atoms with E-state index in [1.165, 1.54) is 12.2 Å². The highest BCUT2D eigenvalue weighted by molar-refractivity contribution is 8.00. The molecule has 4 heteroatoms. The van der Waals surface area contributed by atoms with E-state index in [-0.39, 0.29) is 11.7 Å². The van der Waals surface area contributed by atoms with Crippen molar-refractivity contribution in [3.8, 4) is 0 Å². The maximum absolute atomic E-state index is 12.3. The third kappa shape index (κ3) is 2.37. The summed E-state index contributed by atoms with van der Waals surface area (Å²) >= 11 is 2.14. The van der Waals surface area contributed by atoms with Crippen molar-refractivity contribution in [3.05, 3.63) is 0 Å². The van der Waals surface area contributed by atoms with Crippen molar-refractivity contribution in [1.82, 2.24) is 4.90 Å². The molecule has 2 heterocycles. The van der Waals surface area contributed by atoms with Crippen molar-refractivity contribution < 1.29 is 9.53 Å². The van der Waals surface area contributed by atoms with Crippen LogP contribution in [0.2, 0.25) is 0 Å². The lowest BCUT2D eigenvalue weighted by molar-refractivity contribution is 0.0212. The van der Waals surface area contributed by atoms with Crippen molar-refractivity contribution in [2.75, 3.05) is 18.8 Å². The first kappa shape index (κ1) is 13.6. The van der Waals surface area contributed by atoms with Gasteiger partial charge in [0.15, 0.2) is 0 Å². The van der Waals surface area contributed by atoms with Crippen LogP contribution in [-0.2, 0) is 4.74 Å². The molecule has 0 aromatic rings. The Bertz CT molecular complexity index is 377. The minimum absolute atomic E-state index is 0.108. The van der Waals surface area contributed by atoms with E-state index < -0.39 is 0 Å². The van der Waals surface area contributed by atoms with Gasteiger partial charge in [-0.05, 0) is 56.6 Å². The Hall–Kier alpha value is -0.380. The lowest BCUT2D eigenvalue weighted by atomic mass is 9.60. The zero-order valence-electron chi connectivity index (χ0n) is 12.4. The van der Waals surface area contributed by atoms with E-state index in [1.807, 2.05) is 25.7 Å². The number of rotatable bonds is 0. The molecule has 5 atom stereocenters. The fourth-order valence-electron chi connectivity index (χ4n) is 4.07. The van der Waals surface area contributed by atoms with Crippen LogP contribution in [0, 0.1) is 23.7 Å². The molecule has 0 spiro atoms. The Morgan fingerprint density at radius 2 is 2.05 bits per heavy atom. The molecule has 3 unspecified atom stereocenters. The molecule has 1 aliphatic carbocycles. The summed E-state index contributed by atoms with van der Waals surface area (Å²) in [6.45, 7) is 10.0. The largest absolute Gasteiger partial charge is 0.444 e. The molecule has 3 fully saturated rings. The van der Waals surface area contributed by atoms with Crippen molar-refractivity contribution in [2.24, 2.45) is 23.7 Å². The van der Waals surface area contributed by atoms with Crippen molar-refractivity contribution in [2.45, 2.75) is 45.0 Å². The van der Waals surface area contributed by atoms with E-state index in [0.717, 1.165) is 30.2 Å². The van der Waals surface area contributed by atoms with Gasteiger partial charge in [0.05, 0.1) is 0 Å². The first-order chi connectivity index (χ1) is 8.87. The smallest absolute Gasteiger partial charge is 0.410 e. The molecule has 3 rings (SSSR count). The van der Waals surface area contributed by atoms with Gasteiger partial charge in [-0.15, -0.1) is 0 Å². The number of carbonyl (C=O) groups is 1.